The molecule has 7 heteroatoms. The van der Waals surface area contributed by atoms with Crippen LogP contribution in [0.2, 0.25) is 0 Å². The summed E-state index contributed by atoms with van der Waals surface area (Å²) in [6.07, 6.45) is 3.98. The Bertz CT molecular complexity index is 685. The minimum absolute atomic E-state index is 0.0140. The molecule has 25 heavy (non-hydrogen) atoms. The van der Waals surface area contributed by atoms with Crippen LogP contribution in [0.25, 0.3) is 0 Å². The van der Waals surface area contributed by atoms with Crippen molar-refractivity contribution >= 4 is 5.91 Å². The van der Waals surface area contributed by atoms with Crippen molar-refractivity contribution in [2.24, 2.45) is 0 Å². The molecular formula is C18H22F2N4O. The molecule has 2 N–H and O–H groups in total. The van der Waals surface area contributed by atoms with E-state index in [1.165, 1.54) is 18.2 Å². The number of carbonyl (C=O) groups is 1. The van der Waals surface area contributed by atoms with Crippen LogP contribution >= 0.6 is 0 Å². The number of carbonyl (C=O) groups excluding carboxylic acids is 1. The Morgan fingerprint density at radius 1 is 1.32 bits per heavy atom. The van der Waals surface area contributed by atoms with Crippen molar-refractivity contribution in [1.29, 1.82) is 0 Å². The van der Waals surface area contributed by atoms with E-state index >= 15 is 0 Å². The second-order valence-electron chi connectivity index (χ2n) is 6.39. The molecule has 5 nitrogen and oxygen atoms in total. The summed E-state index contributed by atoms with van der Waals surface area (Å²) in [4.78, 5) is 14.2. The van der Waals surface area contributed by atoms with Crippen molar-refractivity contribution in [1.82, 2.24) is 20.4 Å². The predicted octanol–water partition coefficient (Wildman–Crippen LogP) is 2.23. The van der Waals surface area contributed by atoms with Gasteiger partial charge in [0.05, 0.1) is 6.54 Å². The van der Waals surface area contributed by atoms with Crippen molar-refractivity contribution in [3.05, 3.63) is 53.4 Å². The van der Waals surface area contributed by atoms with Crippen LogP contribution in [0.1, 0.15) is 30.0 Å². The quantitative estimate of drug-likeness (QED) is 0.842. The molecule has 0 unspecified atom stereocenters. The first kappa shape index (κ1) is 17.5. The highest BCUT2D eigenvalue weighted by molar-refractivity contribution is 5.78. The first-order chi connectivity index (χ1) is 12.1. The third-order valence-electron chi connectivity index (χ3n) is 4.59. The molecule has 1 aliphatic heterocycles. The molecule has 0 spiro atoms. The number of benzene rings is 1. The number of likely N-dealkylation sites (tertiary alicyclic amines) is 1. The van der Waals surface area contributed by atoms with E-state index in [1.807, 2.05) is 6.07 Å². The first-order valence-electron chi connectivity index (χ1n) is 8.54. The molecule has 0 saturated carbocycles. The van der Waals surface area contributed by atoms with E-state index in [0.717, 1.165) is 31.6 Å². The summed E-state index contributed by atoms with van der Waals surface area (Å²) in [6, 6.07) is 5.75. The van der Waals surface area contributed by atoms with Gasteiger partial charge in [-0.1, -0.05) is 6.07 Å². The van der Waals surface area contributed by atoms with Crippen LogP contribution in [0.3, 0.4) is 0 Å². The highest BCUT2D eigenvalue weighted by Gasteiger charge is 2.23. The minimum atomic E-state index is -0.576. The van der Waals surface area contributed by atoms with Crippen LogP contribution in [0, 0.1) is 11.6 Å². The lowest BCUT2D eigenvalue weighted by Gasteiger charge is -2.31. The normalized spacial score (nSPS) is 18.2. The molecule has 1 aliphatic rings. The number of piperidine rings is 1. The molecule has 0 aliphatic carbocycles. The maximum atomic E-state index is 13.6. The van der Waals surface area contributed by atoms with Crippen molar-refractivity contribution in [2.75, 3.05) is 26.2 Å². The van der Waals surface area contributed by atoms with Gasteiger partial charge in [-0.15, -0.1) is 0 Å². The summed E-state index contributed by atoms with van der Waals surface area (Å²) in [5, 5.41) is 9.73. The highest BCUT2D eigenvalue weighted by Crippen LogP contribution is 2.24. The number of hydrogen-bond donors (Lipinski definition) is 2. The average molecular weight is 348 g/mol. The number of nitrogens with zero attached hydrogens (tertiary/aromatic N) is 2. The summed E-state index contributed by atoms with van der Waals surface area (Å²) >= 11 is 0. The van der Waals surface area contributed by atoms with Crippen LogP contribution in [-0.4, -0.2) is 47.2 Å². The van der Waals surface area contributed by atoms with Crippen molar-refractivity contribution in [2.45, 2.75) is 25.2 Å². The molecule has 1 aromatic carbocycles. The zero-order chi connectivity index (χ0) is 17.6. The van der Waals surface area contributed by atoms with Crippen LogP contribution in [-0.2, 0) is 11.2 Å². The van der Waals surface area contributed by atoms with E-state index in [4.69, 9.17) is 0 Å². The molecule has 2 aromatic rings. The van der Waals surface area contributed by atoms with Crippen molar-refractivity contribution < 1.29 is 13.6 Å². The predicted molar refractivity (Wildman–Crippen MR) is 90.1 cm³/mol. The highest BCUT2D eigenvalue weighted by atomic mass is 19.1. The molecule has 2 heterocycles. The van der Waals surface area contributed by atoms with Gasteiger partial charge in [-0.05, 0) is 44.0 Å². The van der Waals surface area contributed by atoms with E-state index < -0.39 is 11.6 Å². The van der Waals surface area contributed by atoms with Gasteiger partial charge in [-0.25, -0.2) is 8.78 Å². The number of nitrogens with one attached hydrogen (secondary N) is 2. The smallest absolute Gasteiger partial charge is 0.234 e. The van der Waals surface area contributed by atoms with Crippen LogP contribution < -0.4 is 5.32 Å². The van der Waals surface area contributed by atoms with Crippen molar-refractivity contribution in [3.8, 4) is 0 Å². The SMILES string of the molecule is O=C(CN1CCC[C@@H](c2ccn[nH]2)C1)NCCc1c(F)cccc1F. The molecule has 1 amide bonds. The van der Waals surface area contributed by atoms with Gasteiger partial charge in [0.25, 0.3) is 0 Å². The van der Waals surface area contributed by atoms with Crippen molar-refractivity contribution in [3.63, 3.8) is 0 Å². The maximum absolute atomic E-state index is 13.6. The second-order valence-corrected chi connectivity index (χ2v) is 6.39. The number of amides is 1. The summed E-state index contributed by atoms with van der Waals surface area (Å²) < 4.78 is 27.1. The first-order valence-corrected chi connectivity index (χ1v) is 8.54. The van der Waals surface area contributed by atoms with Gasteiger partial charge >= 0.3 is 0 Å². The standard InChI is InChI=1S/C18H22F2N4O/c19-15-4-1-5-16(20)14(15)6-8-21-18(25)12-24-10-2-3-13(11-24)17-7-9-22-23-17/h1,4-5,7,9,13H,2-3,6,8,10-12H2,(H,21,25)(H,22,23)/t13-/m1/s1. The second kappa shape index (κ2) is 8.20. The molecule has 3 rings (SSSR count). The summed E-state index contributed by atoms with van der Waals surface area (Å²) in [7, 11) is 0. The van der Waals surface area contributed by atoms with E-state index in [-0.39, 0.29) is 24.4 Å². The Morgan fingerprint density at radius 2 is 2.12 bits per heavy atom. The zero-order valence-electron chi connectivity index (χ0n) is 14.0. The third-order valence-corrected chi connectivity index (χ3v) is 4.59. The Kier molecular flexibility index (Phi) is 5.75. The van der Waals surface area contributed by atoms with Gasteiger partial charge in [0, 0.05) is 36.5 Å². The van der Waals surface area contributed by atoms with Gasteiger partial charge in [-0.3, -0.25) is 14.8 Å². The van der Waals surface area contributed by atoms with Crippen LogP contribution in [0.15, 0.2) is 30.5 Å². The summed E-state index contributed by atoms with van der Waals surface area (Å²) in [6.45, 7) is 2.19. The third kappa shape index (κ3) is 4.63. The number of aromatic amines is 1. The largest absolute Gasteiger partial charge is 0.355 e. The number of hydrogen-bond acceptors (Lipinski definition) is 3. The fourth-order valence-corrected chi connectivity index (χ4v) is 3.30. The zero-order valence-corrected chi connectivity index (χ0v) is 14.0. The summed E-state index contributed by atoms with van der Waals surface area (Å²) in [5.74, 6) is -0.918. The van der Waals surface area contributed by atoms with Crippen LogP contribution in [0.5, 0.6) is 0 Å². The lowest BCUT2D eigenvalue weighted by molar-refractivity contribution is -0.122. The van der Waals surface area contributed by atoms with Gasteiger partial charge in [0.1, 0.15) is 11.6 Å². The molecule has 1 saturated heterocycles. The van der Waals surface area contributed by atoms with Gasteiger partial charge < -0.3 is 5.32 Å². The molecule has 134 valence electrons. The van der Waals surface area contributed by atoms with E-state index in [9.17, 15) is 13.6 Å². The lowest BCUT2D eigenvalue weighted by atomic mass is 9.95. The number of aromatic nitrogens is 2. The molecule has 1 aromatic heterocycles. The van der Waals surface area contributed by atoms with E-state index in [0.29, 0.717) is 12.5 Å². The Hall–Kier alpha value is -2.28. The monoisotopic (exact) mass is 348 g/mol. The molecule has 1 atom stereocenters. The average Bonchev–Trinajstić information content (AvgIpc) is 3.12. The fraction of sp³-hybridized carbons (Fsp3) is 0.444. The summed E-state index contributed by atoms with van der Waals surface area (Å²) in [5.41, 5.74) is 1.11. The van der Waals surface area contributed by atoms with Crippen LogP contribution in [0.4, 0.5) is 8.78 Å². The lowest BCUT2D eigenvalue weighted by Crippen LogP contribution is -2.42. The van der Waals surface area contributed by atoms with E-state index in [2.05, 4.69) is 20.4 Å². The Morgan fingerprint density at radius 3 is 2.84 bits per heavy atom. The van der Waals surface area contributed by atoms with Gasteiger partial charge in [0.15, 0.2) is 0 Å². The van der Waals surface area contributed by atoms with Gasteiger partial charge in [0.2, 0.25) is 5.91 Å². The number of H-pyrrole nitrogens is 1. The molecular weight excluding hydrogens is 326 g/mol. The molecule has 0 bridgehead atoms. The minimum Gasteiger partial charge on any atom is -0.355 e. The Labute approximate surface area is 145 Å². The fourth-order valence-electron chi connectivity index (χ4n) is 3.30. The number of rotatable bonds is 6. The number of halogens is 2. The topological polar surface area (TPSA) is 61.0 Å². The Balaban J connectivity index is 1.44. The maximum Gasteiger partial charge on any atom is 0.234 e. The van der Waals surface area contributed by atoms with Gasteiger partial charge in [-0.2, -0.15) is 5.10 Å². The molecule has 0 radical (unpaired) electrons. The van der Waals surface area contributed by atoms with E-state index in [1.54, 1.807) is 6.20 Å². The molecule has 1 fully saturated rings.